The van der Waals surface area contributed by atoms with Crippen LogP contribution in [0.1, 0.15) is 16.1 Å². The predicted octanol–water partition coefficient (Wildman–Crippen LogP) is 5.30. The Kier molecular flexibility index (Phi) is 5.23. The van der Waals surface area contributed by atoms with Gasteiger partial charge in [-0.3, -0.25) is 4.79 Å². The normalized spacial score (nSPS) is 10.8. The number of aryl methyl sites for hydroxylation is 1. The third-order valence-electron chi connectivity index (χ3n) is 4.00. The number of nitrogens with zero attached hydrogens (tertiary/aromatic N) is 3. The van der Waals surface area contributed by atoms with Gasteiger partial charge in [-0.05, 0) is 65.9 Å². The number of benzene rings is 2. The smallest absolute Gasteiger partial charge is 0.257 e. The Labute approximate surface area is 178 Å². The molecular formula is C20H14FIN4OS. The Balaban J connectivity index is 1.64. The molecule has 0 bridgehead atoms. The molecule has 0 atom stereocenters. The van der Waals surface area contributed by atoms with Crippen molar-refractivity contribution in [3.8, 4) is 16.4 Å². The van der Waals surface area contributed by atoms with E-state index in [1.807, 2.05) is 30.5 Å². The molecule has 2 aromatic heterocycles. The van der Waals surface area contributed by atoms with E-state index in [1.54, 1.807) is 28.9 Å². The first-order chi connectivity index (χ1) is 13.5. The van der Waals surface area contributed by atoms with E-state index in [0.29, 0.717) is 16.5 Å². The van der Waals surface area contributed by atoms with Gasteiger partial charge in [-0.25, -0.2) is 9.37 Å². The van der Waals surface area contributed by atoms with Crippen molar-refractivity contribution in [1.29, 1.82) is 0 Å². The van der Waals surface area contributed by atoms with Gasteiger partial charge in [0.15, 0.2) is 0 Å². The fourth-order valence-corrected chi connectivity index (χ4v) is 4.11. The van der Waals surface area contributed by atoms with Crippen molar-refractivity contribution in [2.45, 2.75) is 6.92 Å². The van der Waals surface area contributed by atoms with Crippen molar-refractivity contribution in [3.63, 3.8) is 0 Å². The summed E-state index contributed by atoms with van der Waals surface area (Å²) in [4.78, 5) is 17.3. The zero-order valence-electron chi connectivity index (χ0n) is 14.7. The molecule has 28 heavy (non-hydrogen) atoms. The molecule has 0 fully saturated rings. The van der Waals surface area contributed by atoms with Crippen molar-refractivity contribution < 1.29 is 9.18 Å². The van der Waals surface area contributed by atoms with Gasteiger partial charge in [-0.1, -0.05) is 12.1 Å². The summed E-state index contributed by atoms with van der Waals surface area (Å²) in [5.41, 5.74) is 2.90. The van der Waals surface area contributed by atoms with E-state index in [-0.39, 0.29) is 11.7 Å². The maximum absolute atomic E-state index is 13.1. The van der Waals surface area contributed by atoms with Crippen molar-refractivity contribution in [2.24, 2.45) is 0 Å². The first-order valence-electron chi connectivity index (χ1n) is 8.35. The highest BCUT2D eigenvalue weighted by Crippen LogP contribution is 2.27. The molecule has 0 aliphatic rings. The van der Waals surface area contributed by atoms with E-state index >= 15 is 0 Å². The average Bonchev–Trinajstić information content (AvgIpc) is 3.29. The Morgan fingerprint density at radius 2 is 1.93 bits per heavy atom. The minimum atomic E-state index is -0.289. The van der Waals surface area contributed by atoms with Crippen molar-refractivity contribution in [2.75, 3.05) is 5.32 Å². The van der Waals surface area contributed by atoms with Gasteiger partial charge >= 0.3 is 0 Å². The lowest BCUT2D eigenvalue weighted by molar-refractivity contribution is 0.102. The van der Waals surface area contributed by atoms with Crippen LogP contribution in [0.2, 0.25) is 0 Å². The average molecular weight is 504 g/mol. The van der Waals surface area contributed by atoms with Gasteiger partial charge in [0.1, 0.15) is 11.6 Å². The number of anilines is 1. The van der Waals surface area contributed by atoms with Gasteiger partial charge in [0.05, 0.1) is 17.0 Å². The van der Waals surface area contributed by atoms with Crippen molar-refractivity contribution in [3.05, 3.63) is 80.6 Å². The molecule has 5 nitrogen and oxygen atoms in total. The summed E-state index contributed by atoms with van der Waals surface area (Å²) in [5.74, 6) is 0.0473. The van der Waals surface area contributed by atoms with Crippen LogP contribution in [0, 0.1) is 16.3 Å². The lowest BCUT2D eigenvalue weighted by Gasteiger charge is -2.07. The molecule has 0 saturated carbocycles. The van der Waals surface area contributed by atoms with Crippen LogP contribution in [-0.4, -0.2) is 20.7 Å². The molecule has 4 aromatic rings. The van der Waals surface area contributed by atoms with Crippen LogP contribution >= 0.6 is 33.9 Å². The Morgan fingerprint density at radius 3 is 2.68 bits per heavy atom. The van der Waals surface area contributed by atoms with Gasteiger partial charge in [0.25, 0.3) is 5.91 Å². The Hall–Kier alpha value is -2.59. The van der Waals surface area contributed by atoms with Crippen LogP contribution in [0.5, 0.6) is 0 Å². The van der Waals surface area contributed by atoms with Crippen LogP contribution in [0.15, 0.2) is 60.0 Å². The summed E-state index contributed by atoms with van der Waals surface area (Å²) in [7, 11) is 0. The topological polar surface area (TPSA) is 59.8 Å². The summed E-state index contributed by atoms with van der Waals surface area (Å²) in [5, 5.41) is 9.87. The third-order valence-corrected chi connectivity index (χ3v) is 5.76. The number of aromatic nitrogens is 3. The monoisotopic (exact) mass is 504 g/mol. The summed E-state index contributed by atoms with van der Waals surface area (Å²) in [6.07, 6.45) is 0. The number of hydrogen-bond donors (Lipinski definition) is 1. The molecular weight excluding hydrogens is 490 g/mol. The Morgan fingerprint density at radius 1 is 1.18 bits per heavy atom. The molecule has 0 spiro atoms. The van der Waals surface area contributed by atoms with Gasteiger partial charge < -0.3 is 5.32 Å². The van der Waals surface area contributed by atoms with E-state index in [2.05, 4.69) is 38.0 Å². The molecule has 0 saturated heterocycles. The standard InChI is InChI=1S/C20H14FIN4OS/c1-12-10-18(24-19(27)15-4-2-3-5-16(15)22)26(25-12)20-23-17(11-28-20)13-6-8-14(21)9-7-13/h2-11H,1H3,(H,24,27). The third kappa shape index (κ3) is 3.83. The molecule has 8 heteroatoms. The summed E-state index contributed by atoms with van der Waals surface area (Å²) < 4.78 is 15.6. The van der Waals surface area contributed by atoms with Gasteiger partial charge in [-0.15, -0.1) is 11.3 Å². The number of rotatable bonds is 4. The van der Waals surface area contributed by atoms with Crippen LogP contribution in [-0.2, 0) is 0 Å². The SMILES string of the molecule is Cc1cc(NC(=O)c2ccccc2I)n(-c2nc(-c3ccc(F)cc3)cs2)n1. The number of nitrogens with one attached hydrogen (secondary N) is 1. The fraction of sp³-hybridized carbons (Fsp3) is 0.0500. The zero-order chi connectivity index (χ0) is 19.7. The second-order valence-electron chi connectivity index (χ2n) is 6.04. The maximum atomic E-state index is 13.1. The molecule has 1 amide bonds. The fourth-order valence-electron chi connectivity index (χ4n) is 2.68. The first kappa shape index (κ1) is 18.8. The molecule has 0 radical (unpaired) electrons. The number of thiazole rings is 1. The highest BCUT2D eigenvalue weighted by molar-refractivity contribution is 14.1. The molecule has 2 heterocycles. The van der Waals surface area contributed by atoms with E-state index in [9.17, 15) is 9.18 Å². The summed E-state index contributed by atoms with van der Waals surface area (Å²) in [6, 6.07) is 15.3. The molecule has 0 aliphatic heterocycles. The van der Waals surface area contributed by atoms with Crippen LogP contribution in [0.4, 0.5) is 10.2 Å². The van der Waals surface area contributed by atoms with Crippen LogP contribution < -0.4 is 5.32 Å². The predicted molar refractivity (Wildman–Crippen MR) is 116 cm³/mol. The molecule has 1 N–H and O–H groups in total. The van der Waals surface area contributed by atoms with Gasteiger partial charge in [-0.2, -0.15) is 9.78 Å². The van der Waals surface area contributed by atoms with E-state index in [4.69, 9.17) is 0 Å². The molecule has 4 rings (SSSR count). The second-order valence-corrected chi connectivity index (χ2v) is 8.04. The van der Waals surface area contributed by atoms with E-state index < -0.39 is 0 Å². The molecule has 140 valence electrons. The molecule has 0 unspecified atom stereocenters. The molecule has 2 aromatic carbocycles. The van der Waals surface area contributed by atoms with Crippen molar-refractivity contribution in [1.82, 2.24) is 14.8 Å². The first-order valence-corrected chi connectivity index (χ1v) is 10.3. The quantitative estimate of drug-likeness (QED) is 0.384. The summed E-state index contributed by atoms with van der Waals surface area (Å²) >= 11 is 3.53. The second kappa shape index (κ2) is 7.80. The Bertz CT molecular complexity index is 1150. The lowest BCUT2D eigenvalue weighted by Crippen LogP contribution is -2.16. The van der Waals surface area contributed by atoms with E-state index in [0.717, 1.165) is 20.5 Å². The van der Waals surface area contributed by atoms with E-state index in [1.165, 1.54) is 23.5 Å². The number of carbonyl (C=O) groups excluding carboxylic acids is 1. The lowest BCUT2D eigenvalue weighted by atomic mass is 10.2. The zero-order valence-corrected chi connectivity index (χ0v) is 17.7. The number of halogens is 2. The minimum Gasteiger partial charge on any atom is -0.306 e. The summed E-state index contributed by atoms with van der Waals surface area (Å²) in [6.45, 7) is 1.85. The van der Waals surface area contributed by atoms with Gasteiger partial charge in [0, 0.05) is 20.6 Å². The number of carbonyl (C=O) groups is 1. The van der Waals surface area contributed by atoms with Crippen LogP contribution in [0.3, 0.4) is 0 Å². The largest absolute Gasteiger partial charge is 0.306 e. The number of amides is 1. The maximum Gasteiger partial charge on any atom is 0.257 e. The molecule has 0 aliphatic carbocycles. The highest BCUT2D eigenvalue weighted by atomic mass is 127. The van der Waals surface area contributed by atoms with Crippen LogP contribution in [0.25, 0.3) is 16.4 Å². The minimum absolute atomic E-state index is 0.207. The highest BCUT2D eigenvalue weighted by Gasteiger charge is 2.16. The van der Waals surface area contributed by atoms with Crippen molar-refractivity contribution >= 4 is 45.7 Å². The number of hydrogen-bond acceptors (Lipinski definition) is 4. The van der Waals surface area contributed by atoms with Gasteiger partial charge in [0.2, 0.25) is 5.13 Å².